The fraction of sp³-hybridized carbons (Fsp3) is 0.571. The number of hydrogen-bond acceptors (Lipinski definition) is 1. The molecule has 86 valence electrons. The minimum Gasteiger partial charge on any atom is -0.385 e. The number of nitrogens with one attached hydrogen (secondary N) is 1. The molecule has 0 rings (SSSR count). The molecule has 0 fully saturated rings. The quantitative estimate of drug-likeness (QED) is 0.644. The Morgan fingerprint density at radius 3 is 2.20 bits per heavy atom. The zero-order valence-corrected chi connectivity index (χ0v) is 10.9. The molecule has 0 saturated carbocycles. The van der Waals surface area contributed by atoms with Crippen LogP contribution in [0.15, 0.2) is 35.1 Å². The summed E-state index contributed by atoms with van der Waals surface area (Å²) in [4.78, 5) is 0. The van der Waals surface area contributed by atoms with Crippen molar-refractivity contribution < 1.29 is 0 Å². The van der Waals surface area contributed by atoms with Crippen LogP contribution in [0.25, 0.3) is 0 Å². The third kappa shape index (κ3) is 5.46. The molecule has 1 heteroatoms. The van der Waals surface area contributed by atoms with E-state index in [2.05, 4.69) is 45.7 Å². The minimum atomic E-state index is 0.895. The number of rotatable bonds is 6. The van der Waals surface area contributed by atoms with Gasteiger partial charge in [0, 0.05) is 12.2 Å². The first kappa shape index (κ1) is 14.0. The molecule has 0 bridgehead atoms. The molecule has 0 aromatic rings. The van der Waals surface area contributed by atoms with Gasteiger partial charge < -0.3 is 5.32 Å². The summed E-state index contributed by atoms with van der Waals surface area (Å²) in [5.41, 5.74) is 5.32. The van der Waals surface area contributed by atoms with Gasteiger partial charge in [0.15, 0.2) is 0 Å². The molecule has 1 N–H and O–H groups in total. The van der Waals surface area contributed by atoms with E-state index < -0.39 is 0 Å². The SMILES string of the molecule is C=C(C)NCC(=C/CC)/C(C)=C(\C)CC. The number of hydrogen-bond donors (Lipinski definition) is 1. The standard InChI is InChI=1S/C14H25N/c1-7-9-14(10-15-11(3)4)13(6)12(5)8-2/h9,15H,3,7-8,10H2,1-2,4-6H3/b13-12+,14-9-. The molecular formula is C14H25N. The molecule has 1 nitrogen and oxygen atoms in total. The highest BCUT2D eigenvalue weighted by Crippen LogP contribution is 2.16. The lowest BCUT2D eigenvalue weighted by molar-refractivity contribution is 0.866. The molecule has 0 radical (unpaired) electrons. The lowest BCUT2D eigenvalue weighted by Crippen LogP contribution is -2.15. The van der Waals surface area contributed by atoms with E-state index in [-0.39, 0.29) is 0 Å². The van der Waals surface area contributed by atoms with E-state index in [0.29, 0.717) is 0 Å². The van der Waals surface area contributed by atoms with Gasteiger partial charge in [-0.05, 0) is 44.8 Å². The van der Waals surface area contributed by atoms with Crippen LogP contribution in [0.5, 0.6) is 0 Å². The summed E-state index contributed by atoms with van der Waals surface area (Å²) in [6, 6.07) is 0. The highest BCUT2D eigenvalue weighted by atomic mass is 14.9. The number of allylic oxidation sites excluding steroid dienone is 3. The van der Waals surface area contributed by atoms with E-state index in [1.165, 1.54) is 16.7 Å². The Morgan fingerprint density at radius 2 is 1.80 bits per heavy atom. The first-order valence-corrected chi connectivity index (χ1v) is 5.78. The van der Waals surface area contributed by atoms with Gasteiger partial charge in [-0.3, -0.25) is 0 Å². The Hall–Kier alpha value is -0.980. The topological polar surface area (TPSA) is 12.0 Å². The fourth-order valence-electron chi connectivity index (χ4n) is 1.39. The predicted molar refractivity (Wildman–Crippen MR) is 69.9 cm³/mol. The van der Waals surface area contributed by atoms with Crippen LogP contribution in [-0.4, -0.2) is 6.54 Å². The van der Waals surface area contributed by atoms with Gasteiger partial charge in [0.1, 0.15) is 0 Å². The average Bonchev–Trinajstić information content (AvgIpc) is 2.21. The zero-order valence-electron chi connectivity index (χ0n) is 10.9. The van der Waals surface area contributed by atoms with Gasteiger partial charge >= 0.3 is 0 Å². The molecule has 0 aromatic heterocycles. The van der Waals surface area contributed by atoms with Crippen LogP contribution in [0.4, 0.5) is 0 Å². The van der Waals surface area contributed by atoms with Gasteiger partial charge in [-0.25, -0.2) is 0 Å². The summed E-state index contributed by atoms with van der Waals surface area (Å²) in [6.45, 7) is 15.5. The molecule has 0 saturated heterocycles. The maximum absolute atomic E-state index is 3.86. The van der Waals surface area contributed by atoms with Crippen molar-refractivity contribution in [3.05, 3.63) is 35.1 Å². The van der Waals surface area contributed by atoms with Crippen molar-refractivity contribution in [3.63, 3.8) is 0 Å². The average molecular weight is 207 g/mol. The van der Waals surface area contributed by atoms with E-state index >= 15 is 0 Å². The van der Waals surface area contributed by atoms with Crippen LogP contribution in [0.1, 0.15) is 47.5 Å². The van der Waals surface area contributed by atoms with Crippen molar-refractivity contribution in [1.29, 1.82) is 0 Å². The van der Waals surface area contributed by atoms with Crippen LogP contribution < -0.4 is 5.32 Å². The molecule has 0 unspecified atom stereocenters. The van der Waals surface area contributed by atoms with Crippen molar-refractivity contribution >= 4 is 0 Å². The summed E-state index contributed by atoms with van der Waals surface area (Å²) in [7, 11) is 0. The molecule has 0 aliphatic carbocycles. The van der Waals surface area contributed by atoms with Gasteiger partial charge in [-0.15, -0.1) is 0 Å². The van der Waals surface area contributed by atoms with Crippen molar-refractivity contribution in [2.45, 2.75) is 47.5 Å². The van der Waals surface area contributed by atoms with Gasteiger partial charge in [-0.2, -0.15) is 0 Å². The summed E-state index contributed by atoms with van der Waals surface area (Å²) in [5, 5.41) is 3.29. The van der Waals surface area contributed by atoms with Crippen molar-refractivity contribution in [1.82, 2.24) is 5.32 Å². The Balaban J connectivity index is 4.68. The van der Waals surface area contributed by atoms with Crippen molar-refractivity contribution in [3.8, 4) is 0 Å². The van der Waals surface area contributed by atoms with Gasteiger partial charge in [0.2, 0.25) is 0 Å². The lowest BCUT2D eigenvalue weighted by Gasteiger charge is -2.13. The molecule has 0 atom stereocenters. The van der Waals surface area contributed by atoms with Crippen molar-refractivity contribution in [2.24, 2.45) is 0 Å². The van der Waals surface area contributed by atoms with Crippen molar-refractivity contribution in [2.75, 3.05) is 6.54 Å². The zero-order chi connectivity index (χ0) is 11.8. The normalized spacial score (nSPS) is 13.5. The van der Waals surface area contributed by atoms with Crippen LogP contribution in [0, 0.1) is 0 Å². The van der Waals surface area contributed by atoms with E-state index in [4.69, 9.17) is 0 Å². The van der Waals surface area contributed by atoms with Gasteiger partial charge in [0.25, 0.3) is 0 Å². The van der Waals surface area contributed by atoms with E-state index in [1.54, 1.807) is 0 Å². The largest absolute Gasteiger partial charge is 0.385 e. The Kier molecular flexibility index (Phi) is 6.85. The molecule has 0 aromatic carbocycles. The van der Waals surface area contributed by atoms with Crippen LogP contribution in [0.2, 0.25) is 0 Å². The predicted octanol–water partition coefficient (Wildman–Crippen LogP) is 4.19. The van der Waals surface area contributed by atoms with Crippen LogP contribution in [-0.2, 0) is 0 Å². The molecule has 15 heavy (non-hydrogen) atoms. The first-order valence-electron chi connectivity index (χ1n) is 5.78. The smallest absolute Gasteiger partial charge is 0.0396 e. The summed E-state index contributed by atoms with van der Waals surface area (Å²) in [6.07, 6.45) is 4.51. The maximum Gasteiger partial charge on any atom is 0.0396 e. The second-order valence-corrected chi connectivity index (χ2v) is 4.03. The highest BCUT2D eigenvalue weighted by Gasteiger charge is 2.02. The third-order valence-corrected chi connectivity index (χ3v) is 2.68. The second-order valence-electron chi connectivity index (χ2n) is 4.03. The van der Waals surface area contributed by atoms with E-state index in [1.807, 2.05) is 6.92 Å². The van der Waals surface area contributed by atoms with Crippen LogP contribution in [0.3, 0.4) is 0 Å². The van der Waals surface area contributed by atoms with E-state index in [0.717, 1.165) is 25.1 Å². The minimum absolute atomic E-state index is 0.895. The summed E-state index contributed by atoms with van der Waals surface area (Å²) >= 11 is 0. The van der Waals surface area contributed by atoms with Gasteiger partial charge in [-0.1, -0.05) is 32.1 Å². The Morgan fingerprint density at radius 1 is 1.20 bits per heavy atom. The molecular weight excluding hydrogens is 182 g/mol. The molecule has 0 aliphatic heterocycles. The fourth-order valence-corrected chi connectivity index (χ4v) is 1.39. The first-order chi connectivity index (χ1) is 7.02. The Bertz CT molecular complexity index is 269. The third-order valence-electron chi connectivity index (χ3n) is 2.68. The molecule has 0 aliphatic rings. The molecule has 0 heterocycles. The lowest BCUT2D eigenvalue weighted by atomic mass is 10.00. The van der Waals surface area contributed by atoms with Gasteiger partial charge in [0.05, 0.1) is 0 Å². The second kappa shape index (κ2) is 7.33. The Labute approximate surface area is 95.0 Å². The van der Waals surface area contributed by atoms with Crippen LogP contribution >= 0.6 is 0 Å². The summed E-state index contributed by atoms with van der Waals surface area (Å²) < 4.78 is 0. The monoisotopic (exact) mass is 207 g/mol. The molecule has 0 spiro atoms. The molecule has 0 amide bonds. The summed E-state index contributed by atoms with van der Waals surface area (Å²) in [5.74, 6) is 0. The van der Waals surface area contributed by atoms with E-state index in [9.17, 15) is 0 Å². The highest BCUT2D eigenvalue weighted by molar-refractivity contribution is 5.34. The maximum atomic E-state index is 3.86.